The van der Waals surface area contributed by atoms with Gasteiger partial charge in [-0.3, -0.25) is 14.9 Å². The van der Waals surface area contributed by atoms with Crippen molar-refractivity contribution in [1.82, 2.24) is 0 Å². The van der Waals surface area contributed by atoms with Crippen molar-refractivity contribution in [3.63, 3.8) is 0 Å². The van der Waals surface area contributed by atoms with E-state index in [2.05, 4.69) is 0 Å². The number of nitro groups is 1. The zero-order valence-electron chi connectivity index (χ0n) is 10.4. The number of halogens is 2. The van der Waals surface area contributed by atoms with Crippen molar-refractivity contribution in [1.29, 1.82) is 0 Å². The van der Waals surface area contributed by atoms with E-state index in [1.807, 2.05) is 0 Å². The summed E-state index contributed by atoms with van der Waals surface area (Å²) < 4.78 is 27.2. The first-order chi connectivity index (χ1) is 8.73. The lowest BCUT2D eigenvalue weighted by molar-refractivity contribution is -0.387. The SMILES string of the molecule is CC(C)CC(C(=O)O)c1cc(F)c([N+](=O)[O-])cc1F. The number of hydrogen-bond acceptors (Lipinski definition) is 3. The van der Waals surface area contributed by atoms with Crippen LogP contribution in [0.25, 0.3) is 0 Å². The molecular weight excluding hydrogens is 260 g/mol. The van der Waals surface area contributed by atoms with E-state index in [1.165, 1.54) is 0 Å². The Bertz CT molecular complexity index is 517. The van der Waals surface area contributed by atoms with Crippen LogP contribution in [0.5, 0.6) is 0 Å². The lowest BCUT2D eigenvalue weighted by Crippen LogP contribution is -2.16. The van der Waals surface area contributed by atoms with E-state index in [0.29, 0.717) is 12.1 Å². The molecule has 0 radical (unpaired) electrons. The van der Waals surface area contributed by atoms with Gasteiger partial charge in [0.2, 0.25) is 5.82 Å². The van der Waals surface area contributed by atoms with Gasteiger partial charge in [-0.15, -0.1) is 0 Å². The lowest BCUT2D eigenvalue weighted by atomic mass is 9.90. The normalized spacial score (nSPS) is 12.5. The van der Waals surface area contributed by atoms with E-state index in [4.69, 9.17) is 5.11 Å². The average Bonchev–Trinajstić information content (AvgIpc) is 2.27. The van der Waals surface area contributed by atoms with E-state index in [-0.39, 0.29) is 17.9 Å². The van der Waals surface area contributed by atoms with Crippen molar-refractivity contribution < 1.29 is 23.6 Å². The van der Waals surface area contributed by atoms with Crippen molar-refractivity contribution in [2.24, 2.45) is 5.92 Å². The molecule has 0 aliphatic carbocycles. The van der Waals surface area contributed by atoms with Crippen LogP contribution >= 0.6 is 0 Å². The Morgan fingerprint density at radius 1 is 1.37 bits per heavy atom. The Hall–Kier alpha value is -2.05. The summed E-state index contributed by atoms with van der Waals surface area (Å²) in [5.41, 5.74) is -1.38. The highest BCUT2D eigenvalue weighted by atomic mass is 19.1. The van der Waals surface area contributed by atoms with Crippen molar-refractivity contribution >= 4 is 11.7 Å². The standard InChI is InChI=1S/C12H13F2NO4/c1-6(2)3-8(12(16)17)7-4-10(14)11(15(18)19)5-9(7)13/h4-6,8H,3H2,1-2H3,(H,16,17). The molecule has 0 aliphatic heterocycles. The first kappa shape index (κ1) is 15.0. The summed E-state index contributed by atoms with van der Waals surface area (Å²) in [6.45, 7) is 3.49. The van der Waals surface area contributed by atoms with Crippen molar-refractivity contribution in [2.75, 3.05) is 0 Å². The van der Waals surface area contributed by atoms with E-state index in [9.17, 15) is 23.7 Å². The van der Waals surface area contributed by atoms with Crippen LogP contribution in [-0.4, -0.2) is 16.0 Å². The Kier molecular flexibility index (Phi) is 4.52. The Morgan fingerprint density at radius 3 is 2.37 bits per heavy atom. The molecule has 1 aromatic rings. The van der Waals surface area contributed by atoms with Crippen LogP contribution in [0.3, 0.4) is 0 Å². The van der Waals surface area contributed by atoms with Crippen molar-refractivity contribution in [2.45, 2.75) is 26.2 Å². The zero-order valence-corrected chi connectivity index (χ0v) is 10.4. The zero-order chi connectivity index (χ0) is 14.7. The van der Waals surface area contributed by atoms with Gasteiger partial charge in [-0.25, -0.2) is 4.39 Å². The summed E-state index contributed by atoms with van der Waals surface area (Å²) in [5, 5.41) is 19.5. The molecule has 0 aromatic heterocycles. The van der Waals surface area contributed by atoms with Crippen LogP contribution in [0.4, 0.5) is 14.5 Å². The maximum Gasteiger partial charge on any atom is 0.311 e. The molecule has 0 aliphatic rings. The molecule has 0 fully saturated rings. The quantitative estimate of drug-likeness (QED) is 0.660. The molecule has 0 heterocycles. The number of carboxylic acids is 1. The fourth-order valence-corrected chi connectivity index (χ4v) is 1.79. The van der Waals surface area contributed by atoms with E-state index in [1.54, 1.807) is 13.8 Å². The van der Waals surface area contributed by atoms with E-state index < -0.39 is 34.1 Å². The fourth-order valence-electron chi connectivity index (χ4n) is 1.79. The summed E-state index contributed by atoms with van der Waals surface area (Å²) in [6.07, 6.45) is 0.115. The van der Waals surface area contributed by atoms with Gasteiger partial charge in [0, 0.05) is 5.56 Å². The molecule has 104 valence electrons. The fraction of sp³-hybridized carbons (Fsp3) is 0.417. The van der Waals surface area contributed by atoms with Gasteiger partial charge in [0.15, 0.2) is 0 Å². The number of aliphatic carboxylic acids is 1. The Morgan fingerprint density at radius 2 is 1.95 bits per heavy atom. The molecule has 1 N–H and O–H groups in total. The highest BCUT2D eigenvalue weighted by Crippen LogP contribution is 2.30. The summed E-state index contributed by atoms with van der Waals surface area (Å²) in [4.78, 5) is 20.5. The van der Waals surface area contributed by atoms with Crippen LogP contribution in [0.1, 0.15) is 31.7 Å². The maximum absolute atomic E-state index is 13.7. The maximum atomic E-state index is 13.7. The van der Waals surface area contributed by atoms with Gasteiger partial charge in [-0.1, -0.05) is 13.8 Å². The molecule has 0 amide bonds. The van der Waals surface area contributed by atoms with Gasteiger partial charge in [0.1, 0.15) is 5.82 Å². The number of hydrogen-bond donors (Lipinski definition) is 1. The van der Waals surface area contributed by atoms with Gasteiger partial charge < -0.3 is 5.11 Å². The monoisotopic (exact) mass is 273 g/mol. The van der Waals surface area contributed by atoms with E-state index in [0.717, 1.165) is 0 Å². The largest absolute Gasteiger partial charge is 0.481 e. The van der Waals surface area contributed by atoms with Crippen LogP contribution in [-0.2, 0) is 4.79 Å². The minimum Gasteiger partial charge on any atom is -0.481 e. The highest BCUT2D eigenvalue weighted by Gasteiger charge is 2.28. The molecule has 0 spiro atoms. The molecule has 1 atom stereocenters. The molecule has 1 aromatic carbocycles. The molecular formula is C12H13F2NO4. The number of nitrogens with zero attached hydrogens (tertiary/aromatic N) is 1. The first-order valence-electron chi connectivity index (χ1n) is 5.60. The average molecular weight is 273 g/mol. The molecule has 1 unspecified atom stereocenters. The molecule has 1 rings (SSSR count). The Labute approximate surface area is 108 Å². The number of carboxylic acid groups (broad SMARTS) is 1. The summed E-state index contributed by atoms with van der Waals surface area (Å²) in [6, 6.07) is 1.01. The third kappa shape index (κ3) is 3.46. The van der Waals surface area contributed by atoms with Crippen LogP contribution in [0.2, 0.25) is 0 Å². The third-order valence-electron chi connectivity index (χ3n) is 2.64. The predicted octanol–water partition coefficient (Wildman–Crippen LogP) is 3.09. The molecule has 5 nitrogen and oxygen atoms in total. The minimum absolute atomic E-state index is 0.0428. The van der Waals surface area contributed by atoms with Gasteiger partial charge in [0.05, 0.1) is 16.9 Å². The second kappa shape index (κ2) is 5.73. The first-order valence-corrected chi connectivity index (χ1v) is 5.60. The summed E-state index contributed by atoms with van der Waals surface area (Å²) in [5.74, 6) is -4.88. The second-order valence-electron chi connectivity index (χ2n) is 4.60. The van der Waals surface area contributed by atoms with E-state index >= 15 is 0 Å². The van der Waals surface area contributed by atoms with Gasteiger partial charge in [-0.05, 0) is 18.4 Å². The highest BCUT2D eigenvalue weighted by molar-refractivity contribution is 5.76. The third-order valence-corrected chi connectivity index (χ3v) is 2.64. The van der Waals surface area contributed by atoms with Crippen molar-refractivity contribution in [3.05, 3.63) is 39.4 Å². The molecule has 0 saturated carbocycles. The number of nitro benzene ring substituents is 1. The lowest BCUT2D eigenvalue weighted by Gasteiger charge is -2.15. The summed E-state index contributed by atoms with van der Waals surface area (Å²) >= 11 is 0. The Balaban J connectivity index is 3.29. The van der Waals surface area contributed by atoms with Crippen LogP contribution in [0, 0.1) is 27.7 Å². The molecule has 0 saturated heterocycles. The topological polar surface area (TPSA) is 80.4 Å². The number of benzene rings is 1. The van der Waals surface area contributed by atoms with Crippen molar-refractivity contribution in [3.8, 4) is 0 Å². The molecule has 7 heteroatoms. The smallest absolute Gasteiger partial charge is 0.311 e. The second-order valence-corrected chi connectivity index (χ2v) is 4.60. The van der Waals surface area contributed by atoms with Crippen LogP contribution in [0.15, 0.2) is 12.1 Å². The number of carbonyl (C=O) groups is 1. The summed E-state index contributed by atoms with van der Waals surface area (Å²) in [7, 11) is 0. The van der Waals surface area contributed by atoms with Gasteiger partial charge in [-0.2, -0.15) is 4.39 Å². The molecule has 0 bridgehead atoms. The minimum atomic E-state index is -1.29. The van der Waals surface area contributed by atoms with Gasteiger partial charge in [0.25, 0.3) is 0 Å². The van der Waals surface area contributed by atoms with Crippen LogP contribution < -0.4 is 0 Å². The number of rotatable bonds is 5. The molecule has 19 heavy (non-hydrogen) atoms. The predicted molar refractivity (Wildman–Crippen MR) is 62.8 cm³/mol. The van der Waals surface area contributed by atoms with Gasteiger partial charge >= 0.3 is 11.7 Å².